The zero-order valence-electron chi connectivity index (χ0n) is 6.82. The molecule has 0 aliphatic heterocycles. The van der Waals surface area contributed by atoms with E-state index in [9.17, 15) is 4.79 Å². The summed E-state index contributed by atoms with van der Waals surface area (Å²) in [6, 6.07) is 0. The number of carbonyl (C=O) groups is 1. The molecule has 0 aromatic carbocycles. The van der Waals surface area contributed by atoms with Crippen LogP contribution in [0.1, 0.15) is 20.8 Å². The summed E-state index contributed by atoms with van der Waals surface area (Å²) in [5.74, 6) is -0.139. The first-order valence-electron chi connectivity index (χ1n) is 3.16. The Balaban J connectivity index is 3.93. The van der Waals surface area contributed by atoms with Gasteiger partial charge in [0.1, 0.15) is 0 Å². The summed E-state index contributed by atoms with van der Waals surface area (Å²) in [6.45, 7) is 12.5. The van der Waals surface area contributed by atoms with Gasteiger partial charge >= 0.3 is 0 Å². The van der Waals surface area contributed by atoms with E-state index in [1.165, 1.54) is 0 Å². The van der Waals surface area contributed by atoms with Gasteiger partial charge in [-0.2, -0.15) is 0 Å². The normalized spacial score (nSPS) is 10.8. The Bertz CT molecular complexity index is 153. The zero-order valence-corrected chi connectivity index (χ0v) is 6.82. The standard InChI is InChI=1S/C8H14NO/c1-6(2)7(10)9-8(3,4)5/h1,3H2,2,4-5H3,(H,9,10). The smallest absolute Gasteiger partial charge is 0.246 e. The number of hydrogen-bond donors (Lipinski definition) is 1. The molecular formula is C8H14NO. The average molecular weight is 140 g/mol. The molecule has 0 saturated heterocycles. The van der Waals surface area contributed by atoms with Crippen molar-refractivity contribution in [3.8, 4) is 0 Å². The monoisotopic (exact) mass is 140 g/mol. The number of nitrogens with one attached hydrogen (secondary N) is 1. The van der Waals surface area contributed by atoms with Crippen molar-refractivity contribution in [1.82, 2.24) is 5.32 Å². The molecule has 0 aliphatic carbocycles. The predicted molar refractivity (Wildman–Crippen MR) is 42.4 cm³/mol. The van der Waals surface area contributed by atoms with Gasteiger partial charge < -0.3 is 5.32 Å². The summed E-state index contributed by atoms with van der Waals surface area (Å²) in [4.78, 5) is 10.9. The minimum Gasteiger partial charge on any atom is -0.347 e. The summed E-state index contributed by atoms with van der Waals surface area (Å²) in [6.07, 6.45) is 0. The minimum atomic E-state index is -0.407. The lowest BCUT2D eigenvalue weighted by atomic mass is 10.1. The molecule has 1 amide bonds. The van der Waals surface area contributed by atoms with Crippen LogP contribution >= 0.6 is 0 Å². The van der Waals surface area contributed by atoms with Crippen LogP contribution in [-0.4, -0.2) is 11.4 Å². The van der Waals surface area contributed by atoms with Crippen molar-refractivity contribution in [2.24, 2.45) is 0 Å². The van der Waals surface area contributed by atoms with E-state index in [1.807, 2.05) is 13.8 Å². The van der Waals surface area contributed by atoms with Gasteiger partial charge in [-0.1, -0.05) is 6.58 Å². The molecule has 0 aliphatic rings. The van der Waals surface area contributed by atoms with Crippen molar-refractivity contribution in [1.29, 1.82) is 0 Å². The molecule has 0 bridgehead atoms. The van der Waals surface area contributed by atoms with Gasteiger partial charge in [-0.15, -0.1) is 0 Å². The van der Waals surface area contributed by atoms with E-state index in [0.29, 0.717) is 5.57 Å². The van der Waals surface area contributed by atoms with Gasteiger partial charge in [0.15, 0.2) is 0 Å². The molecule has 0 spiro atoms. The van der Waals surface area contributed by atoms with E-state index in [0.717, 1.165) is 0 Å². The van der Waals surface area contributed by atoms with E-state index in [1.54, 1.807) is 6.92 Å². The molecule has 2 heteroatoms. The maximum absolute atomic E-state index is 10.9. The average Bonchev–Trinajstić information content (AvgIpc) is 1.60. The first-order chi connectivity index (χ1) is 4.33. The quantitative estimate of drug-likeness (QED) is 0.575. The van der Waals surface area contributed by atoms with E-state index >= 15 is 0 Å². The number of hydrogen-bond acceptors (Lipinski definition) is 1. The van der Waals surface area contributed by atoms with Crippen LogP contribution in [0.4, 0.5) is 0 Å². The minimum absolute atomic E-state index is 0.139. The van der Waals surface area contributed by atoms with Crippen molar-refractivity contribution < 1.29 is 4.79 Å². The lowest BCUT2D eigenvalue weighted by molar-refractivity contribution is -0.118. The first-order valence-corrected chi connectivity index (χ1v) is 3.16. The van der Waals surface area contributed by atoms with Crippen molar-refractivity contribution >= 4 is 5.91 Å². The van der Waals surface area contributed by atoms with E-state index in [4.69, 9.17) is 0 Å². The summed E-state index contributed by atoms with van der Waals surface area (Å²) in [5, 5.41) is 2.67. The molecule has 0 atom stereocenters. The van der Waals surface area contributed by atoms with Crippen LogP contribution in [-0.2, 0) is 4.79 Å². The molecule has 0 fully saturated rings. The summed E-state index contributed by atoms with van der Waals surface area (Å²) >= 11 is 0. The second kappa shape index (κ2) is 2.86. The molecule has 1 radical (unpaired) electrons. The Labute approximate surface area is 62.3 Å². The van der Waals surface area contributed by atoms with Crippen LogP contribution in [0.15, 0.2) is 12.2 Å². The fraction of sp³-hybridized carbons (Fsp3) is 0.500. The van der Waals surface area contributed by atoms with Crippen molar-refractivity contribution in [2.75, 3.05) is 0 Å². The summed E-state index contributed by atoms with van der Waals surface area (Å²) in [7, 11) is 0. The summed E-state index contributed by atoms with van der Waals surface area (Å²) in [5.41, 5.74) is 0.104. The first kappa shape index (κ1) is 9.21. The van der Waals surface area contributed by atoms with E-state index < -0.39 is 5.54 Å². The third-order valence-corrected chi connectivity index (χ3v) is 0.840. The lowest BCUT2D eigenvalue weighted by Gasteiger charge is -2.19. The van der Waals surface area contributed by atoms with Gasteiger partial charge in [0.05, 0.1) is 0 Å². The maximum Gasteiger partial charge on any atom is 0.246 e. The van der Waals surface area contributed by atoms with Gasteiger partial charge in [0.2, 0.25) is 5.91 Å². The molecule has 0 rings (SSSR count). The molecule has 1 N–H and O–H groups in total. The second-order valence-corrected chi connectivity index (χ2v) is 3.12. The maximum atomic E-state index is 10.9. The van der Waals surface area contributed by atoms with Crippen LogP contribution in [0.5, 0.6) is 0 Å². The van der Waals surface area contributed by atoms with Crippen LogP contribution in [0.25, 0.3) is 0 Å². The Morgan fingerprint density at radius 3 is 2.00 bits per heavy atom. The van der Waals surface area contributed by atoms with Gasteiger partial charge in [0.25, 0.3) is 0 Å². The van der Waals surface area contributed by atoms with Gasteiger partial charge in [-0.3, -0.25) is 4.79 Å². The SMILES string of the molecule is [CH2]C(C)(C)NC(=O)C(=C)C. The van der Waals surface area contributed by atoms with Crippen LogP contribution < -0.4 is 5.32 Å². The molecule has 0 aromatic rings. The Morgan fingerprint density at radius 1 is 1.50 bits per heavy atom. The predicted octanol–water partition coefficient (Wildman–Crippen LogP) is 1.29. The topological polar surface area (TPSA) is 29.1 Å². The lowest BCUT2D eigenvalue weighted by Crippen LogP contribution is -2.41. The second-order valence-electron chi connectivity index (χ2n) is 3.12. The molecule has 2 nitrogen and oxygen atoms in total. The molecule has 0 unspecified atom stereocenters. The highest BCUT2D eigenvalue weighted by Gasteiger charge is 2.13. The van der Waals surface area contributed by atoms with Gasteiger partial charge in [0, 0.05) is 11.1 Å². The van der Waals surface area contributed by atoms with E-state index in [-0.39, 0.29) is 5.91 Å². The fourth-order valence-electron chi connectivity index (χ4n) is 0.414. The highest BCUT2D eigenvalue weighted by atomic mass is 16.1. The largest absolute Gasteiger partial charge is 0.347 e. The molecule has 0 saturated carbocycles. The molecule has 0 heterocycles. The van der Waals surface area contributed by atoms with Crippen molar-refractivity contribution in [2.45, 2.75) is 26.3 Å². The fourth-order valence-corrected chi connectivity index (χ4v) is 0.414. The molecule has 0 aromatic heterocycles. The number of rotatable bonds is 2. The highest BCUT2D eigenvalue weighted by Crippen LogP contribution is 1.99. The Kier molecular flexibility index (Phi) is 2.64. The molecule has 57 valence electrons. The van der Waals surface area contributed by atoms with Crippen LogP contribution in [0.3, 0.4) is 0 Å². The number of carbonyl (C=O) groups excluding carboxylic acids is 1. The van der Waals surface area contributed by atoms with Crippen molar-refractivity contribution in [3.05, 3.63) is 19.1 Å². The highest BCUT2D eigenvalue weighted by molar-refractivity contribution is 5.92. The van der Waals surface area contributed by atoms with Gasteiger partial charge in [-0.05, 0) is 27.7 Å². The van der Waals surface area contributed by atoms with Crippen molar-refractivity contribution in [3.63, 3.8) is 0 Å². The van der Waals surface area contributed by atoms with Gasteiger partial charge in [-0.25, -0.2) is 0 Å². The Hall–Kier alpha value is -0.790. The molecular weight excluding hydrogens is 126 g/mol. The summed E-state index contributed by atoms with van der Waals surface area (Å²) < 4.78 is 0. The van der Waals surface area contributed by atoms with E-state index in [2.05, 4.69) is 18.8 Å². The third-order valence-electron chi connectivity index (χ3n) is 0.840. The van der Waals surface area contributed by atoms with Crippen LogP contribution in [0, 0.1) is 6.92 Å². The zero-order chi connectivity index (χ0) is 8.36. The Morgan fingerprint density at radius 2 is 1.90 bits per heavy atom. The van der Waals surface area contributed by atoms with Crippen LogP contribution in [0.2, 0.25) is 0 Å². The third kappa shape index (κ3) is 4.13. The molecule has 10 heavy (non-hydrogen) atoms. The number of amides is 1.